The zero-order valence-corrected chi connectivity index (χ0v) is 22.5. The number of benzene rings is 2. The van der Waals surface area contributed by atoms with E-state index in [0.717, 1.165) is 34.7 Å². The fourth-order valence-corrected chi connectivity index (χ4v) is 6.77. The maximum atomic E-state index is 13.7. The van der Waals surface area contributed by atoms with Crippen molar-refractivity contribution in [2.75, 3.05) is 6.54 Å². The third-order valence-electron chi connectivity index (χ3n) is 6.09. The smallest absolute Gasteiger partial charge is 0.244 e. The minimum Gasteiger partial charge on any atom is -0.355 e. The zero-order valence-electron chi connectivity index (χ0n) is 20.1. The molecule has 1 aromatic heterocycles. The van der Waals surface area contributed by atoms with Crippen LogP contribution in [0.3, 0.4) is 0 Å². The third kappa shape index (κ3) is 5.94. The lowest BCUT2D eigenvalue weighted by molar-refractivity contribution is -0.124. The van der Waals surface area contributed by atoms with Gasteiger partial charge in [0, 0.05) is 34.5 Å². The first-order chi connectivity index (χ1) is 16.6. The van der Waals surface area contributed by atoms with Crippen LogP contribution in [0.2, 0.25) is 5.02 Å². The van der Waals surface area contributed by atoms with E-state index in [-0.39, 0.29) is 22.8 Å². The van der Waals surface area contributed by atoms with Crippen molar-refractivity contribution in [2.45, 2.75) is 62.9 Å². The number of aromatic nitrogens is 1. The van der Waals surface area contributed by atoms with Gasteiger partial charge in [-0.3, -0.25) is 4.79 Å². The van der Waals surface area contributed by atoms with Crippen molar-refractivity contribution >= 4 is 38.9 Å². The average Bonchev–Trinajstić information content (AvgIpc) is 3.23. The van der Waals surface area contributed by atoms with Gasteiger partial charge in [0.1, 0.15) is 11.0 Å². The molecule has 1 unspecified atom stereocenters. The van der Waals surface area contributed by atoms with Gasteiger partial charge in [0.05, 0.1) is 10.6 Å². The molecule has 6 nitrogen and oxygen atoms in total. The molecule has 1 fully saturated rings. The molecule has 0 aliphatic carbocycles. The number of thiazole rings is 1. The first-order valence-corrected chi connectivity index (χ1v) is 14.4. The molecule has 2 heterocycles. The Morgan fingerprint density at radius 1 is 1.09 bits per heavy atom. The number of carbonyl (C=O) groups is 1. The van der Waals surface area contributed by atoms with Crippen molar-refractivity contribution in [2.24, 2.45) is 0 Å². The second-order valence-electron chi connectivity index (χ2n) is 9.79. The molecule has 1 atom stereocenters. The van der Waals surface area contributed by atoms with Crippen molar-refractivity contribution in [1.29, 1.82) is 0 Å². The van der Waals surface area contributed by atoms with Crippen LogP contribution < -0.4 is 5.32 Å². The van der Waals surface area contributed by atoms with Crippen molar-refractivity contribution in [3.63, 3.8) is 0 Å². The Balaban J connectivity index is 1.64. The van der Waals surface area contributed by atoms with E-state index in [4.69, 9.17) is 16.6 Å². The number of halogens is 1. The summed E-state index contributed by atoms with van der Waals surface area (Å²) in [6.07, 6.45) is 2.08. The second-order valence-corrected chi connectivity index (χ2v) is 13.0. The monoisotopic (exact) mass is 531 g/mol. The maximum Gasteiger partial charge on any atom is 0.244 e. The first kappa shape index (κ1) is 25.8. The summed E-state index contributed by atoms with van der Waals surface area (Å²) in [5.74, 6) is -0.255. The van der Waals surface area contributed by atoms with Crippen LogP contribution in [0.15, 0.2) is 58.8 Å². The predicted octanol–water partition coefficient (Wildman–Crippen LogP) is 5.62. The molecular weight excluding hydrogens is 502 g/mol. The normalized spacial score (nSPS) is 17.3. The van der Waals surface area contributed by atoms with Crippen LogP contribution in [0, 0.1) is 0 Å². The predicted molar refractivity (Wildman–Crippen MR) is 141 cm³/mol. The van der Waals surface area contributed by atoms with Gasteiger partial charge >= 0.3 is 0 Å². The Kier molecular flexibility index (Phi) is 7.66. The fraction of sp³-hybridized carbons (Fsp3) is 0.385. The van der Waals surface area contributed by atoms with E-state index in [1.165, 1.54) is 16.4 Å². The molecular formula is C26H30ClN3O3S2. The number of rotatable bonds is 6. The van der Waals surface area contributed by atoms with Crippen molar-refractivity contribution in [3.05, 3.63) is 70.2 Å². The molecule has 3 aromatic rings. The molecule has 1 N–H and O–H groups in total. The van der Waals surface area contributed by atoms with Crippen LogP contribution in [0.5, 0.6) is 0 Å². The molecule has 1 aliphatic heterocycles. The van der Waals surface area contributed by atoms with E-state index >= 15 is 0 Å². The lowest BCUT2D eigenvalue weighted by atomic mass is 9.93. The molecule has 0 radical (unpaired) electrons. The van der Waals surface area contributed by atoms with Crippen LogP contribution in [-0.4, -0.2) is 36.2 Å². The number of amides is 1. The SMILES string of the molecule is CC(C)(C)c1csc(-c2ccc(CN(C3CCCCNC3=O)S(=O)(=O)c3ccc(Cl)cc3)cc2)n1. The molecule has 0 saturated carbocycles. The van der Waals surface area contributed by atoms with Crippen molar-refractivity contribution < 1.29 is 13.2 Å². The van der Waals surface area contributed by atoms with Crippen molar-refractivity contribution in [1.82, 2.24) is 14.6 Å². The summed E-state index contributed by atoms with van der Waals surface area (Å²) in [6.45, 7) is 7.05. The maximum absolute atomic E-state index is 13.7. The highest BCUT2D eigenvalue weighted by atomic mass is 35.5. The standard InChI is InChI=1S/C26H30ClN3O3S2/c1-26(2,3)23-17-34-25(29-23)19-9-7-18(8-10-19)16-30(22-6-4-5-15-28-24(22)31)35(32,33)21-13-11-20(27)12-14-21/h7-14,17,22H,4-6,15-16H2,1-3H3,(H,28,31). The Hall–Kier alpha value is -2.26. The minimum atomic E-state index is -3.94. The molecule has 0 spiro atoms. The summed E-state index contributed by atoms with van der Waals surface area (Å²) in [4.78, 5) is 17.7. The number of carbonyl (C=O) groups excluding carboxylic acids is 1. The van der Waals surface area contributed by atoms with Crippen LogP contribution >= 0.6 is 22.9 Å². The molecule has 1 aliphatic rings. The fourth-order valence-electron chi connectivity index (χ4n) is 3.99. The highest BCUT2D eigenvalue weighted by Crippen LogP contribution is 2.31. The van der Waals surface area contributed by atoms with Crippen LogP contribution in [0.25, 0.3) is 10.6 Å². The average molecular weight is 532 g/mol. The summed E-state index contributed by atoms with van der Waals surface area (Å²) in [7, 11) is -3.94. The molecule has 1 amide bonds. The number of nitrogens with one attached hydrogen (secondary N) is 1. The van der Waals surface area contributed by atoms with Gasteiger partial charge in [0.25, 0.3) is 0 Å². The number of hydrogen-bond acceptors (Lipinski definition) is 5. The van der Waals surface area contributed by atoms with E-state index in [9.17, 15) is 13.2 Å². The van der Waals surface area contributed by atoms with Crippen LogP contribution in [0.4, 0.5) is 0 Å². The van der Waals surface area contributed by atoms with E-state index in [1.807, 2.05) is 24.3 Å². The molecule has 35 heavy (non-hydrogen) atoms. The van der Waals surface area contributed by atoms with E-state index < -0.39 is 16.1 Å². The molecule has 2 aromatic carbocycles. The molecule has 186 valence electrons. The molecule has 0 bridgehead atoms. The quantitative estimate of drug-likeness (QED) is 0.447. The van der Waals surface area contributed by atoms with Gasteiger partial charge in [-0.2, -0.15) is 4.31 Å². The zero-order chi connectivity index (χ0) is 25.2. The molecule has 1 saturated heterocycles. The minimum absolute atomic E-state index is 0.0233. The van der Waals surface area contributed by atoms with Gasteiger partial charge in [0.15, 0.2) is 0 Å². The number of nitrogens with zero attached hydrogens (tertiary/aromatic N) is 2. The number of sulfonamides is 1. The Morgan fingerprint density at radius 2 is 1.77 bits per heavy atom. The first-order valence-electron chi connectivity index (χ1n) is 11.7. The third-order valence-corrected chi connectivity index (χ3v) is 9.10. The Labute approximate surface area is 216 Å². The highest BCUT2D eigenvalue weighted by Gasteiger charge is 2.36. The summed E-state index contributed by atoms with van der Waals surface area (Å²) in [5, 5.41) is 6.32. The van der Waals surface area contributed by atoms with Crippen LogP contribution in [0.1, 0.15) is 51.3 Å². The van der Waals surface area contributed by atoms with Crippen molar-refractivity contribution in [3.8, 4) is 10.6 Å². The Bertz CT molecular complexity index is 1280. The van der Waals surface area contributed by atoms with Crippen LogP contribution in [-0.2, 0) is 26.8 Å². The molecule has 4 rings (SSSR count). The van der Waals surface area contributed by atoms with Gasteiger partial charge in [-0.15, -0.1) is 11.3 Å². The summed E-state index contributed by atoms with van der Waals surface area (Å²) in [5.41, 5.74) is 2.80. The topological polar surface area (TPSA) is 79.4 Å². The van der Waals surface area contributed by atoms with E-state index in [2.05, 4.69) is 31.5 Å². The van der Waals surface area contributed by atoms with E-state index in [1.54, 1.807) is 23.5 Å². The lowest BCUT2D eigenvalue weighted by Gasteiger charge is -2.29. The summed E-state index contributed by atoms with van der Waals surface area (Å²) in [6, 6.07) is 13.0. The van der Waals surface area contributed by atoms with Gasteiger partial charge < -0.3 is 5.32 Å². The Morgan fingerprint density at radius 3 is 2.40 bits per heavy atom. The highest BCUT2D eigenvalue weighted by molar-refractivity contribution is 7.89. The molecule has 9 heteroatoms. The summed E-state index contributed by atoms with van der Waals surface area (Å²) < 4.78 is 28.7. The number of hydrogen-bond donors (Lipinski definition) is 1. The summed E-state index contributed by atoms with van der Waals surface area (Å²) >= 11 is 7.58. The largest absolute Gasteiger partial charge is 0.355 e. The lowest BCUT2D eigenvalue weighted by Crippen LogP contribution is -2.48. The van der Waals surface area contributed by atoms with Gasteiger partial charge in [-0.25, -0.2) is 13.4 Å². The van der Waals surface area contributed by atoms with Gasteiger partial charge in [-0.1, -0.05) is 56.6 Å². The van der Waals surface area contributed by atoms with Gasteiger partial charge in [-0.05, 0) is 49.1 Å². The van der Waals surface area contributed by atoms with Gasteiger partial charge in [0.2, 0.25) is 15.9 Å². The second kappa shape index (κ2) is 10.4. The van der Waals surface area contributed by atoms with E-state index in [0.29, 0.717) is 18.0 Å².